The standard InChI is InChI=1S/C10H16BrClF2N4/c1-3-6-9(11)7(18(4-2)17-6)5-8(16-15)10(12,13)14/h8,16H,3-5,15H2,1-2H3. The first kappa shape index (κ1) is 15.8. The highest BCUT2D eigenvalue weighted by molar-refractivity contribution is 9.10. The number of rotatable bonds is 6. The number of nitrogens with one attached hydrogen (secondary N) is 1. The van der Waals surface area contributed by atoms with Gasteiger partial charge in [-0.3, -0.25) is 10.5 Å². The van der Waals surface area contributed by atoms with Gasteiger partial charge in [-0.1, -0.05) is 6.92 Å². The minimum absolute atomic E-state index is 0.00553. The van der Waals surface area contributed by atoms with Crippen molar-refractivity contribution in [2.75, 3.05) is 0 Å². The second-order valence-electron chi connectivity index (χ2n) is 3.84. The first-order valence-electron chi connectivity index (χ1n) is 5.61. The molecule has 1 aromatic rings. The second-order valence-corrected chi connectivity index (χ2v) is 5.14. The highest BCUT2D eigenvalue weighted by Gasteiger charge is 2.37. The van der Waals surface area contributed by atoms with Crippen LogP contribution < -0.4 is 11.3 Å². The Kier molecular flexibility index (Phi) is 5.51. The molecule has 0 saturated carbocycles. The number of aryl methyl sites for hydroxylation is 2. The second kappa shape index (κ2) is 6.27. The van der Waals surface area contributed by atoms with Crippen LogP contribution in [0.4, 0.5) is 8.78 Å². The fourth-order valence-electron chi connectivity index (χ4n) is 1.67. The van der Waals surface area contributed by atoms with Crippen molar-refractivity contribution in [1.29, 1.82) is 0 Å². The Labute approximate surface area is 118 Å². The lowest BCUT2D eigenvalue weighted by atomic mass is 10.1. The fourth-order valence-corrected chi connectivity index (χ4v) is 2.54. The predicted molar refractivity (Wildman–Crippen MR) is 70.6 cm³/mol. The van der Waals surface area contributed by atoms with Crippen LogP contribution in [-0.4, -0.2) is 21.2 Å². The molecule has 4 nitrogen and oxygen atoms in total. The number of nitrogens with two attached hydrogens (primary N) is 1. The summed E-state index contributed by atoms with van der Waals surface area (Å²) in [7, 11) is 0. The van der Waals surface area contributed by atoms with Gasteiger partial charge in [-0.05, 0) is 40.9 Å². The average Bonchev–Trinajstić information content (AvgIpc) is 2.60. The summed E-state index contributed by atoms with van der Waals surface area (Å²) in [6.45, 7) is 4.44. The molecule has 104 valence electrons. The van der Waals surface area contributed by atoms with E-state index in [1.165, 1.54) is 0 Å². The molecule has 0 aromatic carbocycles. The van der Waals surface area contributed by atoms with Crippen molar-refractivity contribution in [3.05, 3.63) is 15.9 Å². The summed E-state index contributed by atoms with van der Waals surface area (Å²) in [6.07, 6.45) is 0.715. The molecule has 0 fully saturated rings. The summed E-state index contributed by atoms with van der Waals surface area (Å²) in [4.78, 5) is 0. The molecule has 1 aromatic heterocycles. The predicted octanol–water partition coefficient (Wildman–Crippen LogP) is 2.43. The van der Waals surface area contributed by atoms with Gasteiger partial charge >= 0.3 is 5.38 Å². The van der Waals surface area contributed by atoms with E-state index in [-0.39, 0.29) is 6.42 Å². The topological polar surface area (TPSA) is 55.9 Å². The molecule has 0 spiro atoms. The molecule has 1 heterocycles. The molecule has 0 aliphatic heterocycles. The maximum Gasteiger partial charge on any atom is 0.338 e. The van der Waals surface area contributed by atoms with Crippen molar-refractivity contribution >= 4 is 27.5 Å². The Hall–Kier alpha value is -0.240. The largest absolute Gasteiger partial charge is 0.338 e. The van der Waals surface area contributed by atoms with Crippen molar-refractivity contribution in [3.63, 3.8) is 0 Å². The van der Waals surface area contributed by atoms with E-state index in [9.17, 15) is 8.78 Å². The van der Waals surface area contributed by atoms with Gasteiger partial charge in [0.1, 0.15) is 6.04 Å². The molecule has 0 bridgehead atoms. The van der Waals surface area contributed by atoms with Crippen molar-refractivity contribution in [3.8, 4) is 0 Å². The van der Waals surface area contributed by atoms with Crippen LogP contribution >= 0.6 is 27.5 Å². The lowest BCUT2D eigenvalue weighted by molar-refractivity contribution is 0.0494. The molecule has 18 heavy (non-hydrogen) atoms. The van der Waals surface area contributed by atoms with Crippen LogP contribution in [0, 0.1) is 0 Å². The molecule has 0 radical (unpaired) electrons. The Morgan fingerprint density at radius 1 is 1.56 bits per heavy atom. The monoisotopic (exact) mass is 344 g/mol. The summed E-state index contributed by atoms with van der Waals surface area (Å²) in [5.41, 5.74) is 3.55. The van der Waals surface area contributed by atoms with Crippen LogP contribution in [0.3, 0.4) is 0 Å². The minimum atomic E-state index is -3.41. The third-order valence-corrected chi connectivity index (χ3v) is 3.87. The molecule has 1 unspecified atom stereocenters. The SMILES string of the molecule is CCc1nn(CC)c(CC(NN)C(F)(F)Cl)c1Br. The van der Waals surface area contributed by atoms with Gasteiger partial charge in [-0.15, -0.1) is 0 Å². The van der Waals surface area contributed by atoms with Crippen LogP contribution in [0.5, 0.6) is 0 Å². The Morgan fingerprint density at radius 3 is 2.56 bits per heavy atom. The first-order chi connectivity index (χ1) is 8.35. The van der Waals surface area contributed by atoms with Crippen molar-refractivity contribution < 1.29 is 8.78 Å². The van der Waals surface area contributed by atoms with Gasteiger partial charge in [0.05, 0.1) is 15.9 Å². The van der Waals surface area contributed by atoms with Crippen molar-refractivity contribution in [2.45, 2.75) is 44.7 Å². The average molecular weight is 346 g/mol. The molecular formula is C10H16BrClF2N4. The summed E-state index contributed by atoms with van der Waals surface area (Å²) < 4.78 is 28.6. The maximum atomic E-state index is 13.1. The minimum Gasteiger partial charge on any atom is -0.271 e. The van der Waals surface area contributed by atoms with Crippen LogP contribution in [0.2, 0.25) is 0 Å². The third kappa shape index (κ3) is 3.40. The first-order valence-corrected chi connectivity index (χ1v) is 6.79. The van der Waals surface area contributed by atoms with Crippen molar-refractivity contribution in [2.24, 2.45) is 5.84 Å². The number of hydrazine groups is 1. The van der Waals surface area contributed by atoms with Gasteiger partial charge in [0.15, 0.2) is 0 Å². The molecular weight excluding hydrogens is 329 g/mol. The van der Waals surface area contributed by atoms with E-state index in [2.05, 4.69) is 26.5 Å². The van der Waals surface area contributed by atoms with E-state index in [4.69, 9.17) is 17.4 Å². The zero-order valence-corrected chi connectivity index (χ0v) is 12.5. The Balaban J connectivity index is 3.05. The van der Waals surface area contributed by atoms with Crippen LogP contribution in [0.15, 0.2) is 4.47 Å². The lowest BCUT2D eigenvalue weighted by Gasteiger charge is -2.21. The van der Waals surface area contributed by atoms with E-state index in [1.54, 1.807) is 4.68 Å². The van der Waals surface area contributed by atoms with E-state index < -0.39 is 11.4 Å². The van der Waals surface area contributed by atoms with Crippen LogP contribution in [-0.2, 0) is 19.4 Å². The van der Waals surface area contributed by atoms with E-state index in [1.807, 2.05) is 13.8 Å². The summed E-state index contributed by atoms with van der Waals surface area (Å²) in [5, 5.41) is 0.916. The van der Waals surface area contributed by atoms with Crippen LogP contribution in [0.25, 0.3) is 0 Å². The molecule has 1 rings (SSSR count). The maximum absolute atomic E-state index is 13.1. The number of alkyl halides is 3. The molecule has 1 atom stereocenters. The molecule has 0 amide bonds. The van der Waals surface area contributed by atoms with Gasteiger partial charge in [0.25, 0.3) is 0 Å². The molecule has 8 heteroatoms. The third-order valence-electron chi connectivity index (χ3n) is 2.69. The number of hydrogen-bond acceptors (Lipinski definition) is 3. The number of halogens is 4. The lowest BCUT2D eigenvalue weighted by Crippen LogP contribution is -2.47. The smallest absolute Gasteiger partial charge is 0.271 e. The molecule has 0 aliphatic rings. The summed E-state index contributed by atoms with van der Waals surface area (Å²) >= 11 is 8.40. The number of nitrogens with zero attached hydrogens (tertiary/aromatic N) is 2. The van der Waals surface area contributed by atoms with E-state index in [0.717, 1.165) is 16.6 Å². The molecule has 0 aliphatic carbocycles. The van der Waals surface area contributed by atoms with Gasteiger partial charge in [-0.2, -0.15) is 13.9 Å². The van der Waals surface area contributed by atoms with Gasteiger partial charge in [0.2, 0.25) is 0 Å². The zero-order chi connectivity index (χ0) is 13.9. The highest BCUT2D eigenvalue weighted by atomic mass is 79.9. The molecule has 3 N–H and O–H groups in total. The van der Waals surface area contributed by atoms with Gasteiger partial charge in [-0.25, -0.2) is 5.43 Å². The van der Waals surface area contributed by atoms with Crippen LogP contribution in [0.1, 0.15) is 25.2 Å². The number of hydrogen-bond donors (Lipinski definition) is 2. The molecule has 0 saturated heterocycles. The fraction of sp³-hybridized carbons (Fsp3) is 0.700. The van der Waals surface area contributed by atoms with Crippen molar-refractivity contribution in [1.82, 2.24) is 15.2 Å². The van der Waals surface area contributed by atoms with Gasteiger partial charge in [0, 0.05) is 13.0 Å². The van der Waals surface area contributed by atoms with E-state index in [0.29, 0.717) is 12.2 Å². The summed E-state index contributed by atoms with van der Waals surface area (Å²) in [5.74, 6) is 5.13. The Bertz CT molecular complexity index is 405. The summed E-state index contributed by atoms with van der Waals surface area (Å²) in [6, 6.07) is -1.35. The Morgan fingerprint density at radius 2 is 2.17 bits per heavy atom. The highest BCUT2D eigenvalue weighted by Crippen LogP contribution is 2.29. The zero-order valence-electron chi connectivity index (χ0n) is 10.2. The number of aromatic nitrogens is 2. The van der Waals surface area contributed by atoms with E-state index >= 15 is 0 Å². The quantitative estimate of drug-likeness (QED) is 0.473. The normalized spacial score (nSPS) is 13.9. The van der Waals surface area contributed by atoms with Gasteiger partial charge < -0.3 is 0 Å².